The third-order valence-corrected chi connectivity index (χ3v) is 4.87. The Balaban J connectivity index is 0.00000264. The van der Waals surface area contributed by atoms with Crippen molar-refractivity contribution in [3.63, 3.8) is 0 Å². The van der Waals surface area contributed by atoms with Crippen molar-refractivity contribution in [2.24, 2.45) is 5.73 Å². The van der Waals surface area contributed by atoms with E-state index in [0.29, 0.717) is 6.54 Å². The number of nitrogens with one attached hydrogen (secondary N) is 1. The number of benzene rings is 1. The molecule has 1 aliphatic heterocycles. The fourth-order valence-corrected chi connectivity index (χ4v) is 3.62. The first-order valence-corrected chi connectivity index (χ1v) is 8.44. The highest BCUT2D eigenvalue weighted by Crippen LogP contribution is 2.28. The number of hydrogen-bond acceptors (Lipinski definition) is 4. The summed E-state index contributed by atoms with van der Waals surface area (Å²) in [5, 5.41) is 2.59. The van der Waals surface area contributed by atoms with Crippen molar-refractivity contribution >= 4 is 41.7 Å². The van der Waals surface area contributed by atoms with Gasteiger partial charge < -0.3 is 16.0 Å². The minimum Gasteiger partial charge on any atom is -0.337 e. The molecule has 1 saturated heterocycles. The molecule has 1 aliphatic rings. The maximum atomic E-state index is 12.5. The molecule has 5 nitrogen and oxygen atoms in total. The van der Waals surface area contributed by atoms with Crippen LogP contribution in [0.2, 0.25) is 0 Å². The molecule has 0 saturated carbocycles. The lowest BCUT2D eigenvalue weighted by Crippen LogP contribution is -2.43. The van der Waals surface area contributed by atoms with Crippen LogP contribution in [0.25, 0.3) is 0 Å². The van der Waals surface area contributed by atoms with Crippen LogP contribution in [0.1, 0.15) is 26.7 Å². The lowest BCUT2D eigenvalue weighted by Gasteiger charge is -2.26. The highest BCUT2D eigenvalue weighted by atomic mass is 35.5. The number of rotatable bonds is 5. The van der Waals surface area contributed by atoms with Gasteiger partial charge in [-0.1, -0.05) is 0 Å². The van der Waals surface area contributed by atoms with Gasteiger partial charge in [-0.15, -0.1) is 24.2 Å². The Morgan fingerprint density at radius 2 is 2.04 bits per heavy atom. The topological polar surface area (TPSA) is 75.4 Å². The van der Waals surface area contributed by atoms with Crippen LogP contribution in [0.5, 0.6) is 0 Å². The number of nitrogens with zero attached hydrogens (tertiary/aromatic N) is 1. The Bertz CT molecular complexity index is 539. The third-order valence-electron chi connectivity index (χ3n) is 3.77. The van der Waals surface area contributed by atoms with Gasteiger partial charge in [-0.25, -0.2) is 0 Å². The summed E-state index contributed by atoms with van der Waals surface area (Å²) in [4.78, 5) is 26.5. The number of anilines is 1. The molecule has 0 spiro atoms. The molecule has 3 N–H and O–H groups in total. The Hall–Kier alpha value is -1.24. The molecule has 0 aromatic heterocycles. The molecule has 128 valence electrons. The molecule has 2 amide bonds. The molecule has 1 heterocycles. The zero-order chi connectivity index (χ0) is 16.1. The molecule has 0 aliphatic carbocycles. The van der Waals surface area contributed by atoms with Crippen molar-refractivity contribution in [2.45, 2.75) is 42.9 Å². The quantitative estimate of drug-likeness (QED) is 0.794. The molecule has 7 heteroatoms. The average Bonchev–Trinajstić information content (AvgIpc) is 2.96. The molecule has 0 radical (unpaired) electrons. The maximum absolute atomic E-state index is 12.5. The largest absolute Gasteiger partial charge is 0.337 e. The Morgan fingerprint density at radius 1 is 1.39 bits per heavy atom. The predicted molar refractivity (Wildman–Crippen MR) is 97.1 cm³/mol. The van der Waals surface area contributed by atoms with Gasteiger partial charge in [0.15, 0.2) is 0 Å². The van der Waals surface area contributed by atoms with Crippen molar-refractivity contribution in [3.05, 3.63) is 24.3 Å². The minimum absolute atomic E-state index is 0. The van der Waals surface area contributed by atoms with Gasteiger partial charge in [-0.05, 0) is 44.0 Å². The minimum atomic E-state index is -0.140. The van der Waals surface area contributed by atoms with E-state index in [0.717, 1.165) is 30.0 Å². The van der Waals surface area contributed by atoms with Crippen LogP contribution in [0, 0.1) is 0 Å². The average molecular weight is 358 g/mol. The smallest absolute Gasteiger partial charge is 0.236 e. The molecule has 0 bridgehead atoms. The van der Waals surface area contributed by atoms with E-state index in [9.17, 15) is 9.59 Å². The molecule has 23 heavy (non-hydrogen) atoms. The van der Waals surface area contributed by atoms with Gasteiger partial charge in [0, 0.05) is 36.6 Å². The van der Waals surface area contributed by atoms with E-state index >= 15 is 0 Å². The monoisotopic (exact) mass is 357 g/mol. The van der Waals surface area contributed by atoms with E-state index in [1.807, 2.05) is 36.1 Å². The highest BCUT2D eigenvalue weighted by molar-refractivity contribution is 8.00. The maximum Gasteiger partial charge on any atom is 0.236 e. The van der Waals surface area contributed by atoms with Gasteiger partial charge in [-0.2, -0.15) is 0 Å². The molecule has 1 fully saturated rings. The predicted octanol–water partition coefficient (Wildman–Crippen LogP) is 2.50. The fourth-order valence-electron chi connectivity index (χ4n) is 2.68. The van der Waals surface area contributed by atoms with E-state index in [-0.39, 0.29) is 35.5 Å². The summed E-state index contributed by atoms with van der Waals surface area (Å²) >= 11 is 1.53. The van der Waals surface area contributed by atoms with Crippen LogP contribution in [-0.4, -0.2) is 41.1 Å². The van der Waals surface area contributed by atoms with Crippen LogP contribution in [0.4, 0.5) is 5.69 Å². The van der Waals surface area contributed by atoms with Crippen molar-refractivity contribution in [2.75, 3.05) is 18.4 Å². The van der Waals surface area contributed by atoms with Gasteiger partial charge in [0.2, 0.25) is 11.8 Å². The second-order valence-electron chi connectivity index (χ2n) is 5.53. The SMILES string of the molecule is CC(=O)Nc1ccc(SC(C)C(=O)N2CCCC2CN)cc1.Cl. The van der Waals surface area contributed by atoms with Crippen LogP contribution < -0.4 is 11.1 Å². The summed E-state index contributed by atoms with van der Waals surface area (Å²) in [7, 11) is 0. The van der Waals surface area contributed by atoms with Crippen LogP contribution in [0.15, 0.2) is 29.2 Å². The summed E-state index contributed by atoms with van der Waals surface area (Å²) in [5.41, 5.74) is 6.50. The molecule has 2 unspecified atom stereocenters. The van der Waals surface area contributed by atoms with Gasteiger partial charge in [-0.3, -0.25) is 9.59 Å². The lowest BCUT2D eigenvalue weighted by atomic mass is 10.2. The summed E-state index contributed by atoms with van der Waals surface area (Å²) in [6.07, 6.45) is 2.04. The van der Waals surface area contributed by atoms with Crippen LogP contribution >= 0.6 is 24.2 Å². The molecular weight excluding hydrogens is 334 g/mol. The second-order valence-corrected chi connectivity index (χ2v) is 6.94. The van der Waals surface area contributed by atoms with Gasteiger partial charge in [0.1, 0.15) is 0 Å². The van der Waals surface area contributed by atoms with Crippen molar-refractivity contribution in [1.29, 1.82) is 0 Å². The normalized spacial score (nSPS) is 18.2. The summed E-state index contributed by atoms with van der Waals surface area (Å²) in [5.74, 6) is 0.0645. The molecule has 2 atom stereocenters. The number of carbonyl (C=O) groups is 2. The van der Waals surface area contributed by atoms with E-state index < -0.39 is 0 Å². The highest BCUT2D eigenvalue weighted by Gasteiger charge is 2.30. The number of thioether (sulfide) groups is 1. The number of nitrogens with two attached hydrogens (primary N) is 1. The number of amides is 2. The first-order valence-electron chi connectivity index (χ1n) is 7.56. The molecular formula is C16H24ClN3O2S. The lowest BCUT2D eigenvalue weighted by molar-refractivity contribution is -0.131. The van der Waals surface area contributed by atoms with E-state index in [1.54, 1.807) is 0 Å². The van der Waals surface area contributed by atoms with Crippen molar-refractivity contribution in [3.8, 4) is 0 Å². The fraction of sp³-hybridized carbons (Fsp3) is 0.500. The van der Waals surface area contributed by atoms with Gasteiger partial charge in [0.25, 0.3) is 0 Å². The summed E-state index contributed by atoms with van der Waals surface area (Å²) in [6, 6.07) is 7.73. The van der Waals surface area contributed by atoms with Crippen LogP contribution in [0.3, 0.4) is 0 Å². The first kappa shape index (κ1) is 19.8. The standard InChI is InChI=1S/C16H23N3O2S.ClH/c1-11(16(21)19-9-3-4-14(19)10-17)22-15-7-5-13(6-8-15)18-12(2)20;/h5-8,11,14H,3-4,9-10,17H2,1-2H3,(H,18,20);1H. The first-order chi connectivity index (χ1) is 10.5. The zero-order valence-electron chi connectivity index (χ0n) is 13.5. The van der Waals surface area contributed by atoms with E-state index in [4.69, 9.17) is 5.73 Å². The second kappa shape index (κ2) is 9.15. The Kier molecular flexibility index (Phi) is 7.88. The van der Waals surface area contributed by atoms with E-state index in [1.165, 1.54) is 18.7 Å². The number of likely N-dealkylation sites (tertiary alicyclic amines) is 1. The summed E-state index contributed by atoms with van der Waals surface area (Å²) in [6.45, 7) is 4.76. The number of carbonyl (C=O) groups excluding carboxylic acids is 2. The third kappa shape index (κ3) is 5.41. The Labute approximate surface area is 147 Å². The van der Waals surface area contributed by atoms with E-state index in [2.05, 4.69) is 5.32 Å². The Morgan fingerprint density at radius 3 is 2.61 bits per heavy atom. The molecule has 1 aromatic rings. The molecule has 1 aromatic carbocycles. The van der Waals surface area contributed by atoms with Crippen molar-refractivity contribution in [1.82, 2.24) is 4.90 Å². The van der Waals surface area contributed by atoms with Crippen molar-refractivity contribution < 1.29 is 9.59 Å². The van der Waals surface area contributed by atoms with Gasteiger partial charge in [0.05, 0.1) is 5.25 Å². The molecule has 2 rings (SSSR count). The van der Waals surface area contributed by atoms with Gasteiger partial charge >= 0.3 is 0 Å². The number of halogens is 1. The zero-order valence-corrected chi connectivity index (χ0v) is 15.1. The number of hydrogen-bond donors (Lipinski definition) is 2. The van der Waals surface area contributed by atoms with Crippen LogP contribution in [-0.2, 0) is 9.59 Å². The summed E-state index contributed by atoms with van der Waals surface area (Å²) < 4.78 is 0.